The van der Waals surface area contributed by atoms with Crippen molar-refractivity contribution in [2.45, 2.75) is 6.92 Å². The fraction of sp³-hybridized carbons (Fsp3) is 0.800. The molecular weight excluding hydrogens is 106 g/mol. The molecule has 0 rings (SSSR count). The summed E-state index contributed by atoms with van der Waals surface area (Å²) in [5.74, 6) is 0. The molecule has 0 unspecified atom stereocenters. The number of hydrogen-bond donors (Lipinski definition) is 1. The largest absolute Gasteiger partial charge is 0.395 e. The molecule has 0 aromatic rings. The van der Waals surface area contributed by atoms with Gasteiger partial charge < -0.3 is 10.0 Å². The molecule has 3 nitrogen and oxygen atoms in total. The minimum absolute atomic E-state index is 0.0169. The number of nitrogens with zero attached hydrogens (tertiary/aromatic N) is 1. The first-order chi connectivity index (χ1) is 3.85. The summed E-state index contributed by atoms with van der Waals surface area (Å²) in [7, 11) is 0. The molecule has 0 atom stereocenters. The highest BCUT2D eigenvalue weighted by Gasteiger charge is 1.94. The molecule has 1 amide bonds. The van der Waals surface area contributed by atoms with E-state index in [-0.39, 0.29) is 6.61 Å². The van der Waals surface area contributed by atoms with Crippen molar-refractivity contribution in [1.82, 2.24) is 4.90 Å². The molecule has 0 aliphatic rings. The molecule has 0 bridgehead atoms. The molecule has 3 heteroatoms. The Morgan fingerprint density at radius 1 is 1.75 bits per heavy atom. The van der Waals surface area contributed by atoms with E-state index in [0.717, 1.165) is 0 Å². The van der Waals surface area contributed by atoms with Gasteiger partial charge in [0.25, 0.3) is 0 Å². The molecule has 0 saturated carbocycles. The van der Waals surface area contributed by atoms with Crippen LogP contribution in [0.2, 0.25) is 0 Å². The second kappa shape index (κ2) is 4.59. The summed E-state index contributed by atoms with van der Waals surface area (Å²) in [6, 6.07) is 0. The van der Waals surface area contributed by atoms with E-state index >= 15 is 0 Å². The van der Waals surface area contributed by atoms with Crippen LogP contribution in [0.5, 0.6) is 0 Å². The van der Waals surface area contributed by atoms with Gasteiger partial charge in [-0.25, -0.2) is 0 Å². The first kappa shape index (κ1) is 7.43. The number of amides is 1. The van der Waals surface area contributed by atoms with E-state index in [2.05, 4.69) is 0 Å². The predicted octanol–water partition coefficient (Wildman–Crippen LogP) is -0.632. The van der Waals surface area contributed by atoms with Gasteiger partial charge in [-0.05, 0) is 6.92 Å². The van der Waals surface area contributed by atoms with Gasteiger partial charge in [0.05, 0.1) is 6.61 Å². The van der Waals surface area contributed by atoms with Crippen LogP contribution in [0.3, 0.4) is 0 Å². The smallest absolute Gasteiger partial charge is 0.312 e. The zero-order valence-electron chi connectivity index (χ0n) is 4.92. The van der Waals surface area contributed by atoms with Crippen molar-refractivity contribution in [3.05, 3.63) is 0 Å². The summed E-state index contributed by atoms with van der Waals surface area (Å²) >= 11 is 0. The van der Waals surface area contributed by atoms with Crippen LogP contribution in [-0.2, 0) is 4.79 Å². The van der Waals surface area contributed by atoms with Gasteiger partial charge in [-0.1, -0.05) is 0 Å². The third-order valence-electron chi connectivity index (χ3n) is 0.881. The molecule has 0 saturated heterocycles. The van der Waals surface area contributed by atoms with E-state index in [1.165, 1.54) is 4.90 Å². The topological polar surface area (TPSA) is 40.5 Å². The van der Waals surface area contributed by atoms with E-state index in [1.54, 1.807) is 6.41 Å². The maximum absolute atomic E-state index is 9.82. The summed E-state index contributed by atoms with van der Waals surface area (Å²) in [5, 5.41) is 8.28. The van der Waals surface area contributed by atoms with Crippen molar-refractivity contribution in [2.24, 2.45) is 0 Å². The Bertz CT molecular complexity index is 65.4. The molecule has 0 aromatic heterocycles. The normalized spacial score (nSPS) is 8.75. The minimum Gasteiger partial charge on any atom is -0.395 e. The predicted molar refractivity (Wildman–Crippen MR) is 30.0 cm³/mol. The van der Waals surface area contributed by atoms with Crippen LogP contribution in [0.15, 0.2) is 0 Å². The van der Waals surface area contributed by atoms with Gasteiger partial charge in [0.1, 0.15) is 0 Å². The Morgan fingerprint density at radius 2 is 2.38 bits per heavy atom. The third kappa shape index (κ3) is 2.58. The van der Waals surface area contributed by atoms with Crippen LogP contribution in [0, 0.1) is 0 Å². The standard InChI is InChI=1S/C5H10NO2/c1-2-6(5-8)3-4-7/h7H,2-4H2,1H3. The fourth-order valence-electron chi connectivity index (χ4n) is 0.389. The Labute approximate surface area is 48.9 Å². The second-order valence-corrected chi connectivity index (χ2v) is 1.39. The van der Waals surface area contributed by atoms with E-state index in [4.69, 9.17) is 5.11 Å². The Morgan fingerprint density at radius 3 is 2.50 bits per heavy atom. The SMILES string of the molecule is CCN([C]=O)CCO. The van der Waals surface area contributed by atoms with Crippen molar-refractivity contribution in [2.75, 3.05) is 19.7 Å². The van der Waals surface area contributed by atoms with Crippen LogP contribution in [0.25, 0.3) is 0 Å². The monoisotopic (exact) mass is 116 g/mol. The lowest BCUT2D eigenvalue weighted by Gasteiger charge is -2.09. The summed E-state index contributed by atoms with van der Waals surface area (Å²) in [4.78, 5) is 11.2. The zero-order valence-corrected chi connectivity index (χ0v) is 4.92. The highest BCUT2D eigenvalue weighted by molar-refractivity contribution is 5.47. The number of hydrogen-bond acceptors (Lipinski definition) is 2. The van der Waals surface area contributed by atoms with E-state index in [0.29, 0.717) is 13.1 Å². The van der Waals surface area contributed by atoms with Crippen LogP contribution in [0.4, 0.5) is 0 Å². The molecule has 0 fully saturated rings. The Hall–Kier alpha value is -0.570. The van der Waals surface area contributed by atoms with Crippen LogP contribution in [-0.4, -0.2) is 36.1 Å². The number of rotatable bonds is 4. The lowest BCUT2D eigenvalue weighted by atomic mass is 10.5. The van der Waals surface area contributed by atoms with Gasteiger partial charge >= 0.3 is 6.41 Å². The van der Waals surface area contributed by atoms with Gasteiger partial charge in [0.2, 0.25) is 0 Å². The molecule has 0 aliphatic heterocycles. The molecule has 1 radical (unpaired) electrons. The molecular formula is C5H10NO2. The Balaban J connectivity index is 3.21. The molecule has 1 N–H and O–H groups in total. The van der Waals surface area contributed by atoms with Crippen molar-refractivity contribution < 1.29 is 9.90 Å². The third-order valence-corrected chi connectivity index (χ3v) is 0.881. The number of likely N-dealkylation sites (N-methyl/N-ethyl adjacent to an activating group) is 1. The van der Waals surface area contributed by atoms with Crippen LogP contribution < -0.4 is 0 Å². The molecule has 0 aliphatic carbocycles. The highest BCUT2D eigenvalue weighted by atomic mass is 16.3. The summed E-state index contributed by atoms with van der Waals surface area (Å²) in [6.45, 7) is 2.85. The van der Waals surface area contributed by atoms with E-state index in [9.17, 15) is 4.79 Å². The van der Waals surface area contributed by atoms with Crippen molar-refractivity contribution in [1.29, 1.82) is 0 Å². The Kier molecular flexibility index (Phi) is 4.26. The summed E-state index contributed by atoms with van der Waals surface area (Å²) < 4.78 is 0. The van der Waals surface area contributed by atoms with Gasteiger partial charge in [0.15, 0.2) is 0 Å². The number of carbonyl (C=O) groups excluding carboxylic acids is 1. The van der Waals surface area contributed by atoms with Crippen molar-refractivity contribution >= 4 is 6.41 Å². The van der Waals surface area contributed by atoms with Gasteiger partial charge in [-0.15, -0.1) is 0 Å². The molecule has 8 heavy (non-hydrogen) atoms. The first-order valence-corrected chi connectivity index (χ1v) is 2.58. The van der Waals surface area contributed by atoms with Crippen LogP contribution in [0.1, 0.15) is 6.92 Å². The average molecular weight is 116 g/mol. The molecule has 0 spiro atoms. The number of aliphatic hydroxyl groups is 1. The summed E-state index contributed by atoms with van der Waals surface area (Å²) in [5.41, 5.74) is 0. The first-order valence-electron chi connectivity index (χ1n) is 2.58. The summed E-state index contributed by atoms with van der Waals surface area (Å²) in [6.07, 6.45) is 1.68. The van der Waals surface area contributed by atoms with E-state index < -0.39 is 0 Å². The zero-order chi connectivity index (χ0) is 6.41. The van der Waals surface area contributed by atoms with Crippen molar-refractivity contribution in [3.8, 4) is 0 Å². The maximum atomic E-state index is 9.82. The van der Waals surface area contributed by atoms with Gasteiger partial charge in [-0.2, -0.15) is 0 Å². The maximum Gasteiger partial charge on any atom is 0.312 e. The van der Waals surface area contributed by atoms with Gasteiger partial charge in [0, 0.05) is 13.1 Å². The highest BCUT2D eigenvalue weighted by Crippen LogP contribution is 1.77. The lowest BCUT2D eigenvalue weighted by molar-refractivity contribution is 0.248. The minimum atomic E-state index is 0.0169. The fourth-order valence-corrected chi connectivity index (χ4v) is 0.389. The molecule has 47 valence electrons. The molecule has 0 heterocycles. The second-order valence-electron chi connectivity index (χ2n) is 1.39. The average Bonchev–Trinajstić information content (AvgIpc) is 1.83. The number of aliphatic hydroxyl groups excluding tert-OH is 1. The van der Waals surface area contributed by atoms with Crippen LogP contribution >= 0.6 is 0 Å². The van der Waals surface area contributed by atoms with Gasteiger partial charge in [-0.3, -0.25) is 4.79 Å². The lowest BCUT2D eigenvalue weighted by Crippen LogP contribution is -2.24. The van der Waals surface area contributed by atoms with E-state index in [1.807, 2.05) is 6.92 Å². The molecule has 0 aromatic carbocycles. The van der Waals surface area contributed by atoms with Crippen molar-refractivity contribution in [3.63, 3.8) is 0 Å². The quantitative estimate of drug-likeness (QED) is 0.497.